The van der Waals surface area contributed by atoms with E-state index < -0.39 is 15.2 Å². The van der Waals surface area contributed by atoms with Gasteiger partial charge in [-0.25, -0.2) is 9.00 Å². The van der Waals surface area contributed by atoms with E-state index in [1.165, 1.54) is 30.7 Å². The molecule has 4 rings (SSSR count). The van der Waals surface area contributed by atoms with Gasteiger partial charge >= 0.3 is 24.8 Å². The van der Waals surface area contributed by atoms with Crippen molar-refractivity contribution >= 4 is 109 Å². The number of carbonyl (C=O) groups is 2. The Labute approximate surface area is 235 Å². The number of carbonyl (C=O) groups excluding carboxylic acids is 2. The van der Waals surface area contributed by atoms with Crippen LogP contribution in [-0.4, -0.2) is 45.4 Å². The fourth-order valence-electron chi connectivity index (χ4n) is 2.12. The SMILES string of the molecule is CO.COC(=O)c1cc2nccc(Cl)c2s1.O=C([O-])c1cc2nccc(Cl)c2s1.O=S(Cl)Cl.[Li+]. The molecule has 0 saturated heterocycles. The maximum Gasteiger partial charge on any atom is 1.00 e. The first-order valence-corrected chi connectivity index (χ1v) is 13.4. The van der Waals surface area contributed by atoms with Crippen molar-refractivity contribution in [2.24, 2.45) is 0 Å². The third-order valence-corrected chi connectivity index (χ3v) is 6.44. The van der Waals surface area contributed by atoms with Crippen LogP contribution in [-0.2, 0) is 14.0 Å². The van der Waals surface area contributed by atoms with Crippen LogP contribution in [0.25, 0.3) is 20.4 Å². The molecule has 0 atom stereocenters. The van der Waals surface area contributed by atoms with Crippen molar-refractivity contribution in [3.05, 3.63) is 56.5 Å². The molecule has 0 amide bonds. The number of ether oxygens (including phenoxy) is 1. The number of esters is 1. The normalized spacial score (nSPS) is 9.53. The Balaban J connectivity index is 0.000000511. The molecule has 1 N–H and O–H groups in total. The minimum Gasteiger partial charge on any atom is -0.544 e. The minimum atomic E-state index is -1.67. The van der Waals surface area contributed by atoms with Crippen LogP contribution in [0.1, 0.15) is 19.3 Å². The molecule has 0 spiro atoms. The van der Waals surface area contributed by atoms with Gasteiger partial charge in [0.2, 0.25) is 9.23 Å². The number of halogens is 4. The smallest absolute Gasteiger partial charge is 0.544 e. The number of nitrogens with zero attached hydrogens (tertiary/aromatic N) is 2. The number of hydrogen-bond acceptors (Lipinski definition) is 10. The van der Waals surface area contributed by atoms with Crippen molar-refractivity contribution in [1.29, 1.82) is 0 Å². The summed E-state index contributed by atoms with van der Waals surface area (Å²) in [6, 6.07) is 6.46. The van der Waals surface area contributed by atoms with Crippen molar-refractivity contribution in [2.75, 3.05) is 14.2 Å². The van der Waals surface area contributed by atoms with Crippen LogP contribution < -0.4 is 24.0 Å². The van der Waals surface area contributed by atoms with Gasteiger partial charge in [-0.3, -0.25) is 9.97 Å². The summed E-state index contributed by atoms with van der Waals surface area (Å²) in [7, 11) is 9.71. The van der Waals surface area contributed by atoms with Crippen molar-refractivity contribution in [3.8, 4) is 0 Å². The number of aliphatic hydroxyl groups is 1. The molecule has 0 bridgehead atoms. The number of rotatable bonds is 2. The number of aromatic nitrogens is 2. The monoisotopic (exact) mass is 596 g/mol. The predicted molar refractivity (Wildman–Crippen MR) is 133 cm³/mol. The number of thiophene rings is 2. The van der Waals surface area contributed by atoms with Crippen LogP contribution in [0.2, 0.25) is 10.0 Å². The van der Waals surface area contributed by atoms with Crippen LogP contribution >= 0.6 is 67.2 Å². The number of hydrogen-bond donors (Lipinski definition) is 1. The zero-order chi connectivity index (χ0) is 25.1. The van der Waals surface area contributed by atoms with Crippen LogP contribution in [0.15, 0.2) is 36.7 Å². The first-order chi connectivity index (χ1) is 15.6. The largest absolute Gasteiger partial charge is 1.00 e. The van der Waals surface area contributed by atoms with E-state index >= 15 is 0 Å². The molecule has 0 aliphatic carbocycles. The number of fused-ring (bicyclic) bond motifs is 2. The maximum absolute atomic E-state index is 11.2. The van der Waals surface area contributed by atoms with E-state index in [1.807, 2.05) is 0 Å². The standard InChI is InChI=1S/C9H6ClNO2S.C8H4ClNO2S.CH4O.Cl2OS.Li/c1-13-9(12)7-4-6-8(14-7)5(10)2-3-11-6;9-4-1-2-10-5-3-6(8(11)12)13-7(4)5;1-2;1-4(2)3;/h2-4H,1H3;1-3H,(H,11,12);2H,1H3;;/q;;;;+1/p-1. The van der Waals surface area contributed by atoms with Gasteiger partial charge in [0.15, 0.2) is 0 Å². The molecule has 34 heavy (non-hydrogen) atoms. The van der Waals surface area contributed by atoms with Crippen molar-refractivity contribution in [2.45, 2.75) is 0 Å². The Morgan fingerprint density at radius 2 is 1.35 bits per heavy atom. The van der Waals surface area contributed by atoms with Gasteiger partial charge in [0, 0.05) is 40.9 Å². The average Bonchev–Trinajstić information content (AvgIpc) is 3.41. The second-order valence-corrected chi connectivity index (χ2v) is 10.6. The number of pyridine rings is 2. The van der Waals surface area contributed by atoms with Crippen molar-refractivity contribution in [1.82, 2.24) is 9.97 Å². The topological polar surface area (TPSA) is 130 Å². The molecule has 0 saturated carbocycles. The summed E-state index contributed by atoms with van der Waals surface area (Å²) >= 11 is 14.1. The van der Waals surface area contributed by atoms with Gasteiger partial charge in [0.25, 0.3) is 0 Å². The van der Waals surface area contributed by atoms with E-state index in [1.54, 1.807) is 24.4 Å². The Morgan fingerprint density at radius 1 is 0.971 bits per heavy atom. The quantitative estimate of drug-likeness (QED) is 0.210. The second kappa shape index (κ2) is 16.7. The Bertz CT molecular complexity index is 1270. The number of methoxy groups -OCH3 is 1. The van der Waals surface area contributed by atoms with Gasteiger partial charge in [-0.05, 0) is 24.3 Å². The van der Waals surface area contributed by atoms with Gasteiger partial charge in [-0.2, -0.15) is 0 Å². The Morgan fingerprint density at radius 3 is 1.71 bits per heavy atom. The minimum absolute atomic E-state index is 0. The van der Waals surface area contributed by atoms with Gasteiger partial charge in [-0.1, -0.05) is 23.2 Å². The Hall–Kier alpha value is -0.973. The molecule has 0 aromatic carbocycles. The van der Waals surface area contributed by atoms with E-state index in [2.05, 4.69) is 36.1 Å². The number of carboxylic acid groups (broad SMARTS) is 1. The molecule has 0 aliphatic rings. The van der Waals surface area contributed by atoms with Crippen molar-refractivity contribution < 1.29 is 47.6 Å². The molecule has 0 unspecified atom stereocenters. The molecule has 16 heteroatoms. The fourth-order valence-corrected chi connectivity index (χ4v) is 4.45. The van der Waals surface area contributed by atoms with Crippen LogP contribution in [0.4, 0.5) is 0 Å². The van der Waals surface area contributed by atoms with Gasteiger partial charge in [0.1, 0.15) is 4.88 Å². The maximum atomic E-state index is 11.2. The van der Waals surface area contributed by atoms with E-state index in [-0.39, 0.29) is 29.7 Å². The van der Waals surface area contributed by atoms with Gasteiger partial charge < -0.3 is 19.7 Å². The first-order valence-electron chi connectivity index (χ1n) is 8.20. The number of aromatic carboxylic acids is 1. The van der Waals surface area contributed by atoms with Crippen LogP contribution in [0, 0.1) is 0 Å². The Kier molecular flexibility index (Phi) is 16.2. The summed E-state index contributed by atoms with van der Waals surface area (Å²) in [4.78, 5) is 30.5. The van der Waals surface area contributed by atoms with E-state index in [0.717, 1.165) is 28.7 Å². The van der Waals surface area contributed by atoms with E-state index in [0.29, 0.717) is 25.1 Å². The average molecular weight is 598 g/mol. The third kappa shape index (κ3) is 9.95. The zero-order valence-corrected chi connectivity index (χ0v) is 23.1. The molecule has 0 aliphatic heterocycles. The van der Waals surface area contributed by atoms with Crippen LogP contribution in [0.5, 0.6) is 0 Å². The molecule has 0 fully saturated rings. The summed E-state index contributed by atoms with van der Waals surface area (Å²) in [6.07, 6.45) is 3.15. The predicted octanol–water partition coefficient (Wildman–Crippen LogP) is 1.70. The zero-order valence-electron chi connectivity index (χ0n) is 17.6. The molecule has 0 radical (unpaired) electrons. The summed E-state index contributed by atoms with van der Waals surface area (Å²) < 4.78 is 15.2. The summed E-state index contributed by atoms with van der Waals surface area (Å²) in [5.41, 5.74) is 1.32. The summed E-state index contributed by atoms with van der Waals surface area (Å²) in [5, 5.41) is 18.6. The molecule has 178 valence electrons. The van der Waals surface area contributed by atoms with E-state index in [4.69, 9.17) is 32.5 Å². The number of carboxylic acids is 1. The molecule has 4 heterocycles. The summed E-state index contributed by atoms with van der Waals surface area (Å²) in [5.74, 6) is -1.55. The van der Waals surface area contributed by atoms with E-state index in [9.17, 15) is 14.7 Å². The molecular formula is C18H13Cl4LiN2O6S3. The van der Waals surface area contributed by atoms with Gasteiger partial charge in [-0.15, -0.1) is 22.7 Å². The second-order valence-electron chi connectivity index (χ2n) is 5.20. The fraction of sp³-hybridized carbons (Fsp3) is 0.111. The molecule has 4 aromatic heterocycles. The summed E-state index contributed by atoms with van der Waals surface area (Å²) in [6.45, 7) is 0. The third-order valence-electron chi connectivity index (χ3n) is 3.32. The van der Waals surface area contributed by atoms with Gasteiger partial charge in [0.05, 0.1) is 48.4 Å². The molecular weight excluding hydrogens is 585 g/mol. The van der Waals surface area contributed by atoms with Crippen molar-refractivity contribution in [3.63, 3.8) is 0 Å². The first kappa shape index (κ1) is 33.0. The molecule has 4 aromatic rings. The van der Waals surface area contributed by atoms with Crippen LogP contribution in [0.3, 0.4) is 0 Å². The number of aliphatic hydroxyl groups excluding tert-OH is 1. The molecule has 8 nitrogen and oxygen atoms in total.